The maximum Gasteiger partial charge on any atom is 0.239 e. The zero-order valence-electron chi connectivity index (χ0n) is 13.0. The van der Waals surface area contributed by atoms with Gasteiger partial charge in [-0.05, 0) is 39.0 Å². The van der Waals surface area contributed by atoms with Crippen molar-refractivity contribution in [2.75, 3.05) is 26.2 Å². The van der Waals surface area contributed by atoms with Crippen LogP contribution in [-0.2, 0) is 4.79 Å². The second-order valence-corrected chi connectivity index (χ2v) is 6.38. The molecule has 0 bridgehead atoms. The molecule has 1 unspecified atom stereocenters. The van der Waals surface area contributed by atoms with Gasteiger partial charge in [0.2, 0.25) is 5.91 Å². The van der Waals surface area contributed by atoms with Crippen LogP contribution in [0.4, 0.5) is 0 Å². The molecular formula is C16H31N3O. The van der Waals surface area contributed by atoms with Crippen molar-refractivity contribution < 1.29 is 4.79 Å². The molecule has 1 saturated heterocycles. The Hall–Kier alpha value is -0.610. The first-order valence-electron chi connectivity index (χ1n) is 8.48. The Bertz CT molecular complexity index is 296. The summed E-state index contributed by atoms with van der Waals surface area (Å²) in [5.74, 6) is 0.323. The molecule has 1 amide bonds. The molecule has 0 radical (unpaired) electrons. The van der Waals surface area contributed by atoms with Gasteiger partial charge in [0.15, 0.2) is 0 Å². The van der Waals surface area contributed by atoms with E-state index in [1.54, 1.807) is 0 Å². The summed E-state index contributed by atoms with van der Waals surface area (Å²) in [4.78, 5) is 17.2. The van der Waals surface area contributed by atoms with Gasteiger partial charge < -0.3 is 10.6 Å². The van der Waals surface area contributed by atoms with Gasteiger partial charge in [-0.25, -0.2) is 0 Å². The Kier molecular flexibility index (Phi) is 6.30. The summed E-state index contributed by atoms with van der Waals surface area (Å²) in [5.41, 5.74) is 5.79. The van der Waals surface area contributed by atoms with Gasteiger partial charge in [0.05, 0.1) is 6.04 Å². The molecule has 0 aromatic heterocycles. The largest absolute Gasteiger partial charge is 0.341 e. The maximum absolute atomic E-state index is 12.7. The molecular weight excluding hydrogens is 250 g/mol. The molecule has 4 heteroatoms. The zero-order chi connectivity index (χ0) is 14.4. The Morgan fingerprint density at radius 1 is 1.15 bits per heavy atom. The summed E-state index contributed by atoms with van der Waals surface area (Å²) in [5, 5.41) is 0. The predicted molar refractivity (Wildman–Crippen MR) is 82.5 cm³/mol. The van der Waals surface area contributed by atoms with Crippen molar-refractivity contribution in [2.45, 2.75) is 70.4 Å². The lowest BCUT2D eigenvalue weighted by atomic mass is 9.93. The fourth-order valence-corrected chi connectivity index (χ4v) is 3.77. The van der Waals surface area contributed by atoms with Crippen molar-refractivity contribution in [3.05, 3.63) is 0 Å². The summed E-state index contributed by atoms with van der Waals surface area (Å²) >= 11 is 0. The second kappa shape index (κ2) is 7.99. The van der Waals surface area contributed by atoms with E-state index < -0.39 is 0 Å². The lowest BCUT2D eigenvalue weighted by molar-refractivity contribution is -0.138. The van der Waals surface area contributed by atoms with Gasteiger partial charge in [-0.3, -0.25) is 9.69 Å². The minimum Gasteiger partial charge on any atom is -0.341 e. The van der Waals surface area contributed by atoms with E-state index in [1.165, 1.54) is 51.4 Å². The number of nitrogens with two attached hydrogens (primary N) is 1. The van der Waals surface area contributed by atoms with E-state index >= 15 is 0 Å². The van der Waals surface area contributed by atoms with E-state index in [2.05, 4.69) is 16.7 Å². The highest BCUT2D eigenvalue weighted by Gasteiger charge is 2.31. The highest BCUT2D eigenvalue weighted by molar-refractivity contribution is 5.81. The first-order valence-corrected chi connectivity index (χ1v) is 8.48. The molecule has 1 saturated carbocycles. The van der Waals surface area contributed by atoms with Crippen LogP contribution in [0.25, 0.3) is 0 Å². The molecule has 20 heavy (non-hydrogen) atoms. The third-order valence-corrected chi connectivity index (χ3v) is 4.95. The lowest BCUT2D eigenvalue weighted by Crippen LogP contribution is -2.53. The highest BCUT2D eigenvalue weighted by atomic mass is 16.2. The summed E-state index contributed by atoms with van der Waals surface area (Å²) in [6.07, 6.45) is 10.0. The van der Waals surface area contributed by atoms with Gasteiger partial charge in [0, 0.05) is 32.2 Å². The number of carbonyl (C=O) groups is 1. The van der Waals surface area contributed by atoms with Gasteiger partial charge in [-0.15, -0.1) is 0 Å². The van der Waals surface area contributed by atoms with Crippen LogP contribution in [0.3, 0.4) is 0 Å². The first-order chi connectivity index (χ1) is 9.74. The molecule has 0 aromatic rings. The molecule has 1 aliphatic heterocycles. The lowest BCUT2D eigenvalue weighted by Gasteiger charge is -2.40. The van der Waals surface area contributed by atoms with E-state index in [9.17, 15) is 4.79 Å². The smallest absolute Gasteiger partial charge is 0.239 e. The SMILES string of the molecule is CC(C(=O)N1CCCCC1)N(CCN)C1CCCCC1. The average Bonchev–Trinajstić information content (AvgIpc) is 2.53. The Balaban J connectivity index is 1.97. The summed E-state index contributed by atoms with van der Waals surface area (Å²) in [6.45, 7) is 5.48. The second-order valence-electron chi connectivity index (χ2n) is 6.38. The van der Waals surface area contributed by atoms with Crippen LogP contribution in [0.5, 0.6) is 0 Å². The Labute approximate surface area is 123 Å². The van der Waals surface area contributed by atoms with E-state index in [0.29, 0.717) is 18.5 Å². The number of rotatable bonds is 5. The van der Waals surface area contributed by atoms with Crippen molar-refractivity contribution in [3.8, 4) is 0 Å². The number of nitrogens with zero attached hydrogens (tertiary/aromatic N) is 2. The molecule has 1 aliphatic carbocycles. The van der Waals surface area contributed by atoms with Crippen LogP contribution < -0.4 is 5.73 Å². The molecule has 2 fully saturated rings. The summed E-state index contributed by atoms with van der Waals surface area (Å²) in [6, 6.07) is 0.566. The average molecular weight is 281 g/mol. The van der Waals surface area contributed by atoms with E-state index in [-0.39, 0.29) is 6.04 Å². The van der Waals surface area contributed by atoms with Gasteiger partial charge in [-0.2, -0.15) is 0 Å². The maximum atomic E-state index is 12.7. The quantitative estimate of drug-likeness (QED) is 0.838. The summed E-state index contributed by atoms with van der Waals surface area (Å²) < 4.78 is 0. The van der Waals surface area contributed by atoms with Crippen molar-refractivity contribution in [1.82, 2.24) is 9.80 Å². The minimum atomic E-state index is -0.000231. The van der Waals surface area contributed by atoms with Crippen LogP contribution in [0, 0.1) is 0 Å². The van der Waals surface area contributed by atoms with Crippen LogP contribution in [0.1, 0.15) is 58.3 Å². The number of piperidine rings is 1. The molecule has 0 aromatic carbocycles. The third kappa shape index (κ3) is 3.95. The monoisotopic (exact) mass is 281 g/mol. The van der Waals surface area contributed by atoms with Gasteiger partial charge in [0.25, 0.3) is 0 Å². The number of carbonyl (C=O) groups excluding carboxylic acids is 1. The molecule has 2 rings (SSSR count). The van der Waals surface area contributed by atoms with E-state index in [1.807, 2.05) is 0 Å². The highest BCUT2D eigenvalue weighted by Crippen LogP contribution is 2.25. The topological polar surface area (TPSA) is 49.6 Å². The first kappa shape index (κ1) is 15.8. The number of hydrogen-bond donors (Lipinski definition) is 1. The van der Waals surface area contributed by atoms with Gasteiger partial charge >= 0.3 is 0 Å². The molecule has 116 valence electrons. The van der Waals surface area contributed by atoms with Crippen molar-refractivity contribution in [2.24, 2.45) is 5.73 Å². The molecule has 2 aliphatic rings. The van der Waals surface area contributed by atoms with Crippen LogP contribution in [0.2, 0.25) is 0 Å². The standard InChI is InChI=1S/C16H31N3O/c1-14(16(20)18-11-6-3-7-12-18)19(13-10-17)15-8-4-2-5-9-15/h14-15H,2-13,17H2,1H3. The van der Waals surface area contributed by atoms with E-state index in [4.69, 9.17) is 5.73 Å². The molecule has 1 heterocycles. The van der Waals surface area contributed by atoms with Crippen LogP contribution in [-0.4, -0.2) is 54.0 Å². The Morgan fingerprint density at radius 2 is 1.75 bits per heavy atom. The minimum absolute atomic E-state index is 0.000231. The van der Waals surface area contributed by atoms with Crippen LogP contribution in [0.15, 0.2) is 0 Å². The number of likely N-dealkylation sites (tertiary alicyclic amines) is 1. The van der Waals surface area contributed by atoms with Gasteiger partial charge in [-0.1, -0.05) is 19.3 Å². The normalized spacial score (nSPS) is 23.1. The predicted octanol–water partition coefficient (Wildman–Crippen LogP) is 1.98. The molecule has 2 N–H and O–H groups in total. The Morgan fingerprint density at radius 3 is 2.35 bits per heavy atom. The number of amides is 1. The zero-order valence-corrected chi connectivity index (χ0v) is 13.0. The fraction of sp³-hybridized carbons (Fsp3) is 0.938. The van der Waals surface area contributed by atoms with Crippen LogP contribution >= 0.6 is 0 Å². The number of hydrogen-bond acceptors (Lipinski definition) is 3. The summed E-state index contributed by atoms with van der Waals surface area (Å²) in [7, 11) is 0. The van der Waals surface area contributed by atoms with Crippen molar-refractivity contribution in [1.29, 1.82) is 0 Å². The molecule has 1 atom stereocenters. The fourth-order valence-electron chi connectivity index (χ4n) is 3.77. The third-order valence-electron chi connectivity index (χ3n) is 4.95. The van der Waals surface area contributed by atoms with Gasteiger partial charge in [0.1, 0.15) is 0 Å². The molecule has 0 spiro atoms. The molecule has 4 nitrogen and oxygen atoms in total. The van der Waals surface area contributed by atoms with Crippen molar-refractivity contribution in [3.63, 3.8) is 0 Å². The van der Waals surface area contributed by atoms with Crippen molar-refractivity contribution >= 4 is 5.91 Å². The van der Waals surface area contributed by atoms with E-state index in [0.717, 1.165) is 19.6 Å².